The molecule has 7 heteroatoms. The van der Waals surface area contributed by atoms with Crippen LogP contribution >= 0.6 is 0 Å². The van der Waals surface area contributed by atoms with E-state index in [-0.39, 0.29) is 17.6 Å². The molecule has 1 aromatic heterocycles. The molecule has 222 valence electrons. The molecule has 1 N–H and O–H groups in total. The fraction of sp³-hybridized carbons (Fsp3) is 0.486. The van der Waals surface area contributed by atoms with Gasteiger partial charge in [0.25, 0.3) is 5.91 Å². The summed E-state index contributed by atoms with van der Waals surface area (Å²) in [5.41, 5.74) is 3.53. The van der Waals surface area contributed by atoms with Gasteiger partial charge in [0.1, 0.15) is 18.1 Å². The van der Waals surface area contributed by atoms with Crippen LogP contribution in [0.25, 0.3) is 32.9 Å². The van der Waals surface area contributed by atoms with Gasteiger partial charge >= 0.3 is 0 Å². The van der Waals surface area contributed by atoms with Crippen molar-refractivity contribution in [3.05, 3.63) is 60.2 Å². The number of carbonyl (C=O) groups excluding carboxylic acids is 1. The summed E-state index contributed by atoms with van der Waals surface area (Å²) >= 11 is 0. The second kappa shape index (κ2) is 12.1. The molecule has 0 spiro atoms. The smallest absolute Gasteiger partial charge is 0.251 e. The van der Waals surface area contributed by atoms with Crippen LogP contribution in [-0.4, -0.2) is 59.5 Å². The molecule has 0 saturated carbocycles. The number of hydrogen-bond acceptors (Lipinski definition) is 5. The molecule has 7 nitrogen and oxygen atoms in total. The summed E-state index contributed by atoms with van der Waals surface area (Å²) in [4.78, 5) is 15.6. The van der Waals surface area contributed by atoms with Gasteiger partial charge in [0.2, 0.25) is 0 Å². The molecule has 2 unspecified atom stereocenters. The Balaban J connectivity index is 1.31. The Hall–Kier alpha value is -3.42. The zero-order chi connectivity index (χ0) is 29.3. The van der Waals surface area contributed by atoms with Crippen molar-refractivity contribution in [2.75, 3.05) is 32.8 Å². The predicted molar refractivity (Wildman–Crippen MR) is 169 cm³/mol. The molecule has 6 rings (SSSR count). The van der Waals surface area contributed by atoms with E-state index in [1.807, 2.05) is 22.9 Å². The summed E-state index contributed by atoms with van der Waals surface area (Å²) in [5, 5.41) is 11.4. The van der Waals surface area contributed by atoms with Gasteiger partial charge in [-0.2, -0.15) is 5.10 Å². The fourth-order valence-corrected chi connectivity index (χ4v) is 6.23. The van der Waals surface area contributed by atoms with Crippen molar-refractivity contribution < 1.29 is 14.3 Å². The normalized spacial score (nSPS) is 19.9. The average Bonchev–Trinajstić information content (AvgIpc) is 3.62. The molecule has 0 bridgehead atoms. The Morgan fingerprint density at radius 3 is 2.64 bits per heavy atom. The van der Waals surface area contributed by atoms with E-state index in [9.17, 15) is 4.79 Å². The monoisotopic (exact) mass is 568 g/mol. The van der Waals surface area contributed by atoms with Crippen molar-refractivity contribution in [1.82, 2.24) is 20.0 Å². The number of hydrogen-bond donors (Lipinski definition) is 1. The van der Waals surface area contributed by atoms with Gasteiger partial charge in [0, 0.05) is 35.7 Å². The van der Waals surface area contributed by atoms with E-state index in [1.165, 1.54) is 19.4 Å². The van der Waals surface area contributed by atoms with Crippen molar-refractivity contribution in [2.45, 2.75) is 72.1 Å². The number of benzene rings is 3. The number of nitrogens with zero attached hydrogens (tertiary/aromatic N) is 3. The number of fused-ring (bicyclic) bond motifs is 2. The molecule has 1 amide bonds. The second-order valence-electron chi connectivity index (χ2n) is 13.0. The number of ether oxygens (including phenoxy) is 2. The molecule has 2 saturated heterocycles. The number of rotatable bonds is 8. The molecule has 0 radical (unpaired) electrons. The predicted octanol–water partition coefficient (Wildman–Crippen LogP) is 7.19. The third-order valence-corrected chi connectivity index (χ3v) is 8.61. The quantitative estimate of drug-likeness (QED) is 0.244. The SMILES string of the molecule is CCN1CCCC1COc1ccc2cc(-c3nn(C4CCCCO4)c4ccc(C(=O)NCC(C)(C)C)cc34)ccc2c1. The molecule has 2 atom stereocenters. The van der Waals surface area contributed by atoms with E-state index >= 15 is 0 Å². The van der Waals surface area contributed by atoms with Crippen LogP contribution in [0.3, 0.4) is 0 Å². The Morgan fingerprint density at radius 2 is 1.86 bits per heavy atom. The number of aromatic nitrogens is 2. The van der Waals surface area contributed by atoms with E-state index in [4.69, 9.17) is 14.6 Å². The summed E-state index contributed by atoms with van der Waals surface area (Å²) in [6, 6.07) is 19.2. The highest BCUT2D eigenvalue weighted by Gasteiger charge is 2.25. The van der Waals surface area contributed by atoms with E-state index in [0.29, 0.717) is 18.2 Å². The van der Waals surface area contributed by atoms with Crippen LogP contribution in [0.15, 0.2) is 54.6 Å². The van der Waals surface area contributed by atoms with Gasteiger partial charge in [-0.3, -0.25) is 9.69 Å². The Kier molecular flexibility index (Phi) is 8.24. The van der Waals surface area contributed by atoms with E-state index in [1.54, 1.807) is 0 Å². The zero-order valence-electron chi connectivity index (χ0n) is 25.5. The zero-order valence-corrected chi connectivity index (χ0v) is 25.5. The first-order valence-corrected chi connectivity index (χ1v) is 15.6. The maximum atomic E-state index is 13.1. The third kappa shape index (κ3) is 6.18. The highest BCUT2D eigenvalue weighted by Crippen LogP contribution is 2.35. The van der Waals surface area contributed by atoms with Crippen LogP contribution in [0.4, 0.5) is 0 Å². The van der Waals surface area contributed by atoms with Crippen LogP contribution < -0.4 is 10.1 Å². The Labute approximate surface area is 249 Å². The Morgan fingerprint density at radius 1 is 1.02 bits per heavy atom. The fourth-order valence-electron chi connectivity index (χ4n) is 6.23. The number of likely N-dealkylation sites (N-methyl/N-ethyl adjacent to an activating group) is 1. The van der Waals surface area contributed by atoms with E-state index in [2.05, 4.69) is 74.3 Å². The standard InChI is InChI=1S/C35H44N4O3/c1-5-38-17-8-9-28(38)22-42-29-15-13-24-19-26(12-11-25(24)20-29)33-30-21-27(34(40)36-23-35(2,3)4)14-16-31(30)39(37-33)32-10-6-7-18-41-32/h11-16,19-21,28,32H,5-10,17-18,22-23H2,1-4H3,(H,36,40). The molecule has 2 fully saturated rings. The Bertz CT molecular complexity index is 1560. The molecule has 0 aliphatic carbocycles. The van der Waals surface area contributed by atoms with Crippen LogP contribution in [0.5, 0.6) is 5.75 Å². The molecule has 2 aliphatic rings. The van der Waals surface area contributed by atoms with Gasteiger partial charge in [-0.15, -0.1) is 0 Å². The first kappa shape index (κ1) is 28.7. The maximum Gasteiger partial charge on any atom is 0.251 e. The molecule has 2 aliphatic heterocycles. The van der Waals surface area contributed by atoms with Gasteiger partial charge in [0.05, 0.1) is 5.52 Å². The molecular formula is C35H44N4O3. The van der Waals surface area contributed by atoms with Gasteiger partial charge in [0.15, 0.2) is 6.23 Å². The second-order valence-corrected chi connectivity index (χ2v) is 13.0. The first-order chi connectivity index (χ1) is 20.3. The van der Waals surface area contributed by atoms with Gasteiger partial charge in [-0.1, -0.05) is 45.9 Å². The summed E-state index contributed by atoms with van der Waals surface area (Å²) in [6.45, 7) is 12.9. The average molecular weight is 569 g/mol. The topological polar surface area (TPSA) is 68.6 Å². The van der Waals surface area contributed by atoms with Gasteiger partial charge in [-0.05, 0) is 97.8 Å². The van der Waals surface area contributed by atoms with E-state index < -0.39 is 0 Å². The summed E-state index contributed by atoms with van der Waals surface area (Å²) in [7, 11) is 0. The van der Waals surface area contributed by atoms with Crippen LogP contribution in [0.2, 0.25) is 0 Å². The van der Waals surface area contributed by atoms with Crippen molar-refractivity contribution >= 4 is 27.6 Å². The van der Waals surface area contributed by atoms with Crippen molar-refractivity contribution in [1.29, 1.82) is 0 Å². The van der Waals surface area contributed by atoms with Crippen LogP contribution in [0, 0.1) is 5.41 Å². The molecular weight excluding hydrogens is 524 g/mol. The third-order valence-electron chi connectivity index (χ3n) is 8.61. The first-order valence-electron chi connectivity index (χ1n) is 15.6. The molecule has 42 heavy (non-hydrogen) atoms. The number of likely N-dealkylation sites (tertiary alicyclic amines) is 1. The minimum Gasteiger partial charge on any atom is -0.492 e. The summed E-state index contributed by atoms with van der Waals surface area (Å²) < 4.78 is 14.4. The highest BCUT2D eigenvalue weighted by molar-refractivity contribution is 6.02. The van der Waals surface area contributed by atoms with Crippen molar-refractivity contribution in [2.24, 2.45) is 5.41 Å². The lowest BCUT2D eigenvalue weighted by atomic mass is 9.97. The van der Waals surface area contributed by atoms with Crippen LogP contribution in [0.1, 0.15) is 76.4 Å². The number of amides is 1. The van der Waals surface area contributed by atoms with Gasteiger partial charge in [-0.25, -0.2) is 4.68 Å². The molecule has 3 heterocycles. The van der Waals surface area contributed by atoms with Crippen LogP contribution in [-0.2, 0) is 4.74 Å². The maximum absolute atomic E-state index is 13.1. The number of carbonyl (C=O) groups is 1. The summed E-state index contributed by atoms with van der Waals surface area (Å²) in [6.07, 6.45) is 5.49. The highest BCUT2D eigenvalue weighted by atomic mass is 16.5. The lowest BCUT2D eigenvalue weighted by Crippen LogP contribution is -2.33. The molecule has 3 aromatic carbocycles. The lowest BCUT2D eigenvalue weighted by molar-refractivity contribution is -0.0365. The number of nitrogens with one attached hydrogen (secondary N) is 1. The lowest BCUT2D eigenvalue weighted by Gasteiger charge is -2.23. The summed E-state index contributed by atoms with van der Waals surface area (Å²) in [5.74, 6) is 0.846. The minimum absolute atomic E-state index is 0.0104. The molecule has 4 aromatic rings. The van der Waals surface area contributed by atoms with Crippen molar-refractivity contribution in [3.63, 3.8) is 0 Å². The van der Waals surface area contributed by atoms with Crippen molar-refractivity contribution in [3.8, 4) is 17.0 Å². The van der Waals surface area contributed by atoms with E-state index in [0.717, 1.165) is 77.7 Å². The minimum atomic E-state index is -0.0979. The van der Waals surface area contributed by atoms with Gasteiger partial charge < -0.3 is 14.8 Å². The largest absolute Gasteiger partial charge is 0.492 e.